The van der Waals surface area contributed by atoms with E-state index >= 15 is 0 Å². The van der Waals surface area contributed by atoms with E-state index < -0.39 is 17.7 Å². The van der Waals surface area contributed by atoms with E-state index in [0.717, 1.165) is 11.1 Å². The standard InChI is InChI=1S/C26H23NO5/c1-15-8-13-20(16(2)14-15)27-23(17-9-11-18(28)12-10-17)22(25(30)26(27)31)24(29)19-6-4-5-7-21(19)32-3/h4-14,23,28-29H,1-3H3/b24-22+. The monoisotopic (exact) mass is 429 g/mol. The number of phenols is 1. The second-order valence-electron chi connectivity index (χ2n) is 7.75. The molecule has 0 radical (unpaired) electrons. The summed E-state index contributed by atoms with van der Waals surface area (Å²) >= 11 is 0. The van der Waals surface area contributed by atoms with Crippen LogP contribution in [-0.4, -0.2) is 29.0 Å². The number of ketones is 1. The van der Waals surface area contributed by atoms with E-state index in [4.69, 9.17) is 4.74 Å². The van der Waals surface area contributed by atoms with Gasteiger partial charge in [-0.2, -0.15) is 0 Å². The van der Waals surface area contributed by atoms with Crippen LogP contribution in [-0.2, 0) is 9.59 Å². The summed E-state index contributed by atoms with van der Waals surface area (Å²) in [5, 5.41) is 21.0. The zero-order valence-electron chi connectivity index (χ0n) is 18.0. The molecule has 1 amide bonds. The van der Waals surface area contributed by atoms with Crippen molar-refractivity contribution in [1.82, 2.24) is 0 Å². The molecule has 32 heavy (non-hydrogen) atoms. The van der Waals surface area contributed by atoms with Crippen molar-refractivity contribution >= 4 is 23.1 Å². The highest BCUT2D eigenvalue weighted by Gasteiger charge is 2.47. The molecule has 6 heteroatoms. The Hall–Kier alpha value is -4.06. The van der Waals surface area contributed by atoms with Gasteiger partial charge in [-0.3, -0.25) is 14.5 Å². The molecule has 0 aromatic heterocycles. The number of aryl methyl sites for hydroxylation is 2. The molecule has 1 atom stereocenters. The predicted molar refractivity (Wildman–Crippen MR) is 122 cm³/mol. The van der Waals surface area contributed by atoms with Crippen molar-refractivity contribution in [2.24, 2.45) is 0 Å². The summed E-state index contributed by atoms with van der Waals surface area (Å²) in [4.78, 5) is 27.9. The molecule has 0 spiro atoms. The summed E-state index contributed by atoms with van der Waals surface area (Å²) in [6.45, 7) is 3.82. The Morgan fingerprint density at radius 2 is 1.66 bits per heavy atom. The van der Waals surface area contributed by atoms with Crippen LogP contribution < -0.4 is 9.64 Å². The molecule has 2 N–H and O–H groups in total. The van der Waals surface area contributed by atoms with Crippen molar-refractivity contribution in [3.8, 4) is 11.5 Å². The van der Waals surface area contributed by atoms with Crippen LogP contribution in [0.15, 0.2) is 72.3 Å². The van der Waals surface area contributed by atoms with Gasteiger partial charge in [-0.05, 0) is 55.3 Å². The van der Waals surface area contributed by atoms with Crippen molar-refractivity contribution < 1.29 is 24.5 Å². The number of rotatable bonds is 4. The zero-order chi connectivity index (χ0) is 23.0. The van der Waals surface area contributed by atoms with E-state index in [0.29, 0.717) is 22.6 Å². The molecule has 1 unspecified atom stereocenters. The van der Waals surface area contributed by atoms with Crippen LogP contribution in [0.25, 0.3) is 5.76 Å². The quantitative estimate of drug-likeness (QED) is 0.358. The lowest BCUT2D eigenvalue weighted by Gasteiger charge is -2.27. The second kappa shape index (κ2) is 8.23. The van der Waals surface area contributed by atoms with Gasteiger partial charge >= 0.3 is 0 Å². The van der Waals surface area contributed by atoms with Gasteiger partial charge in [-0.15, -0.1) is 0 Å². The second-order valence-corrected chi connectivity index (χ2v) is 7.75. The number of aliphatic hydroxyl groups excluding tert-OH is 1. The van der Waals surface area contributed by atoms with Crippen molar-refractivity contribution in [2.75, 3.05) is 12.0 Å². The maximum Gasteiger partial charge on any atom is 0.300 e. The number of carbonyl (C=O) groups is 2. The fraction of sp³-hybridized carbons (Fsp3) is 0.154. The number of phenolic OH excluding ortho intramolecular Hbond substituents is 1. The van der Waals surface area contributed by atoms with Gasteiger partial charge in [0.2, 0.25) is 0 Å². The van der Waals surface area contributed by atoms with E-state index in [1.807, 2.05) is 26.0 Å². The molecule has 1 fully saturated rings. The molecule has 6 nitrogen and oxygen atoms in total. The predicted octanol–water partition coefficient (Wildman–Crippen LogP) is 4.64. The molecule has 4 rings (SSSR count). The Kier molecular flexibility index (Phi) is 5.45. The van der Waals surface area contributed by atoms with Gasteiger partial charge in [0.25, 0.3) is 11.7 Å². The molecule has 1 heterocycles. The first kappa shape index (κ1) is 21.2. The van der Waals surface area contributed by atoms with Crippen LogP contribution in [0.5, 0.6) is 11.5 Å². The van der Waals surface area contributed by atoms with Gasteiger partial charge in [0.05, 0.1) is 24.3 Å². The van der Waals surface area contributed by atoms with Crippen LogP contribution >= 0.6 is 0 Å². The molecule has 1 saturated heterocycles. The summed E-state index contributed by atoms with van der Waals surface area (Å²) in [5.74, 6) is -1.39. The number of nitrogens with zero attached hydrogens (tertiary/aromatic N) is 1. The van der Waals surface area contributed by atoms with E-state index in [1.165, 1.54) is 24.1 Å². The third-order valence-electron chi connectivity index (χ3n) is 5.63. The first-order chi connectivity index (χ1) is 15.3. The number of anilines is 1. The maximum atomic E-state index is 13.2. The summed E-state index contributed by atoms with van der Waals surface area (Å²) in [6, 6.07) is 17.7. The van der Waals surface area contributed by atoms with Crippen LogP contribution in [0.1, 0.15) is 28.3 Å². The average molecular weight is 429 g/mol. The van der Waals surface area contributed by atoms with Crippen LogP contribution in [0.4, 0.5) is 5.69 Å². The van der Waals surface area contributed by atoms with Gasteiger partial charge in [0.15, 0.2) is 0 Å². The SMILES string of the molecule is COc1ccccc1/C(O)=C1\C(=O)C(=O)N(c2ccc(C)cc2C)C1c1ccc(O)cc1. The minimum absolute atomic E-state index is 0.0369. The number of carbonyl (C=O) groups excluding carboxylic acids is 2. The number of para-hydroxylation sites is 1. The van der Waals surface area contributed by atoms with Crippen molar-refractivity contribution in [3.05, 3.63) is 94.6 Å². The highest BCUT2D eigenvalue weighted by molar-refractivity contribution is 6.51. The summed E-state index contributed by atoms with van der Waals surface area (Å²) < 4.78 is 5.35. The van der Waals surface area contributed by atoms with Gasteiger partial charge in [0.1, 0.15) is 17.3 Å². The molecule has 3 aromatic rings. The van der Waals surface area contributed by atoms with E-state index in [1.54, 1.807) is 42.5 Å². The molecule has 3 aromatic carbocycles. The minimum Gasteiger partial charge on any atom is -0.508 e. The zero-order valence-corrected chi connectivity index (χ0v) is 18.0. The molecule has 0 bridgehead atoms. The van der Waals surface area contributed by atoms with Crippen molar-refractivity contribution in [3.63, 3.8) is 0 Å². The third-order valence-corrected chi connectivity index (χ3v) is 5.63. The number of hydrogen-bond donors (Lipinski definition) is 2. The number of aliphatic hydroxyl groups is 1. The normalized spacial score (nSPS) is 17.6. The molecule has 162 valence electrons. The number of methoxy groups -OCH3 is 1. The van der Waals surface area contributed by atoms with Crippen molar-refractivity contribution in [1.29, 1.82) is 0 Å². The fourth-order valence-electron chi connectivity index (χ4n) is 4.11. The van der Waals surface area contributed by atoms with Gasteiger partial charge in [-0.1, -0.05) is 42.0 Å². The Morgan fingerprint density at radius 3 is 2.31 bits per heavy atom. The lowest BCUT2D eigenvalue weighted by atomic mass is 9.94. The summed E-state index contributed by atoms with van der Waals surface area (Å²) in [5.41, 5.74) is 3.29. The summed E-state index contributed by atoms with van der Waals surface area (Å²) in [6.07, 6.45) is 0. The average Bonchev–Trinajstić information content (AvgIpc) is 3.04. The van der Waals surface area contributed by atoms with Crippen LogP contribution in [0, 0.1) is 13.8 Å². The number of aromatic hydroxyl groups is 1. The highest BCUT2D eigenvalue weighted by atomic mass is 16.5. The van der Waals surface area contributed by atoms with Gasteiger partial charge in [0, 0.05) is 5.69 Å². The Bertz CT molecular complexity index is 1240. The number of Topliss-reactive ketones (excluding diaryl/α,β-unsaturated/α-hetero) is 1. The van der Waals surface area contributed by atoms with E-state index in [-0.39, 0.29) is 17.1 Å². The Morgan fingerprint density at radius 1 is 0.969 bits per heavy atom. The van der Waals surface area contributed by atoms with Gasteiger partial charge in [-0.25, -0.2) is 0 Å². The number of benzene rings is 3. The van der Waals surface area contributed by atoms with Gasteiger partial charge < -0.3 is 14.9 Å². The Labute approximate surface area is 186 Å². The smallest absolute Gasteiger partial charge is 0.300 e. The topological polar surface area (TPSA) is 87.1 Å². The molecular formula is C26H23NO5. The maximum absolute atomic E-state index is 13.2. The first-order valence-electron chi connectivity index (χ1n) is 10.1. The summed E-state index contributed by atoms with van der Waals surface area (Å²) in [7, 11) is 1.47. The molecule has 1 aliphatic heterocycles. The molecular weight excluding hydrogens is 406 g/mol. The number of ether oxygens (including phenoxy) is 1. The third kappa shape index (κ3) is 3.50. The van der Waals surface area contributed by atoms with Crippen LogP contribution in [0.3, 0.4) is 0 Å². The Balaban J connectivity index is 1.99. The van der Waals surface area contributed by atoms with Crippen LogP contribution in [0.2, 0.25) is 0 Å². The lowest BCUT2D eigenvalue weighted by molar-refractivity contribution is -0.132. The number of amides is 1. The molecule has 0 saturated carbocycles. The van der Waals surface area contributed by atoms with E-state index in [2.05, 4.69) is 0 Å². The fourth-order valence-corrected chi connectivity index (χ4v) is 4.11. The highest BCUT2D eigenvalue weighted by Crippen LogP contribution is 2.44. The van der Waals surface area contributed by atoms with E-state index in [9.17, 15) is 19.8 Å². The lowest BCUT2D eigenvalue weighted by Crippen LogP contribution is -2.30. The molecule has 0 aliphatic carbocycles. The number of hydrogen-bond acceptors (Lipinski definition) is 5. The molecule has 1 aliphatic rings. The largest absolute Gasteiger partial charge is 0.508 e. The first-order valence-corrected chi connectivity index (χ1v) is 10.1. The van der Waals surface area contributed by atoms with Crippen molar-refractivity contribution in [2.45, 2.75) is 19.9 Å². The minimum atomic E-state index is -0.873.